The number of ether oxygens (including phenoxy) is 1. The maximum atomic E-state index is 15.0. The minimum absolute atomic E-state index is 0.0517. The van der Waals surface area contributed by atoms with Crippen molar-refractivity contribution in [2.75, 3.05) is 31.6 Å². The van der Waals surface area contributed by atoms with E-state index in [2.05, 4.69) is 20.3 Å². The number of fused-ring (bicyclic) bond motifs is 1. The first-order valence-corrected chi connectivity index (χ1v) is 12.2. The highest BCUT2D eigenvalue weighted by Crippen LogP contribution is 2.42. The predicted molar refractivity (Wildman–Crippen MR) is 136 cm³/mol. The summed E-state index contributed by atoms with van der Waals surface area (Å²) in [5.41, 5.74) is 3.07. The van der Waals surface area contributed by atoms with E-state index in [9.17, 15) is 13.9 Å². The second-order valence-electron chi connectivity index (χ2n) is 9.16. The highest BCUT2D eigenvalue weighted by atomic mass is 19.1. The van der Waals surface area contributed by atoms with Crippen LogP contribution in [0.5, 0.6) is 5.75 Å². The summed E-state index contributed by atoms with van der Waals surface area (Å²) >= 11 is 0. The summed E-state index contributed by atoms with van der Waals surface area (Å²) in [6, 6.07) is 5.99. The van der Waals surface area contributed by atoms with Gasteiger partial charge in [0.1, 0.15) is 17.5 Å². The number of pyridine rings is 1. The van der Waals surface area contributed by atoms with Crippen molar-refractivity contribution < 1.29 is 23.0 Å². The zero-order chi connectivity index (χ0) is 26.3. The van der Waals surface area contributed by atoms with Gasteiger partial charge in [0.05, 0.1) is 41.2 Å². The molecule has 0 unspecified atom stereocenters. The van der Waals surface area contributed by atoms with Crippen molar-refractivity contribution in [3.05, 3.63) is 59.7 Å². The zero-order valence-corrected chi connectivity index (χ0v) is 20.8. The van der Waals surface area contributed by atoms with Crippen LogP contribution in [-0.2, 0) is 0 Å². The number of anilines is 1. The fourth-order valence-electron chi connectivity index (χ4n) is 5.03. The lowest BCUT2D eigenvalue weighted by Crippen LogP contribution is -2.53. The number of likely N-dealkylation sites (N-methyl/N-ethyl adjacent to an activating group) is 1. The molecule has 5 rings (SSSR count). The van der Waals surface area contributed by atoms with Gasteiger partial charge < -0.3 is 25.0 Å². The van der Waals surface area contributed by atoms with Crippen molar-refractivity contribution >= 4 is 16.7 Å². The molecule has 194 valence electrons. The maximum absolute atomic E-state index is 15.0. The Hall–Kier alpha value is -3.63. The lowest BCUT2D eigenvalue weighted by molar-refractivity contribution is 0.115. The Kier molecular flexibility index (Phi) is 6.78. The van der Waals surface area contributed by atoms with Gasteiger partial charge in [-0.15, -0.1) is 0 Å². The molecular formula is C27H28F3N5O2. The second kappa shape index (κ2) is 10.0. The Morgan fingerprint density at radius 3 is 2.70 bits per heavy atom. The summed E-state index contributed by atoms with van der Waals surface area (Å²) in [4.78, 5) is 14.3. The summed E-state index contributed by atoms with van der Waals surface area (Å²) in [5, 5.41) is 14.2. The number of aryl methyl sites for hydroxylation is 1. The number of nitrogens with one attached hydrogen (secondary N) is 2. The van der Waals surface area contributed by atoms with E-state index in [0.717, 1.165) is 24.7 Å². The Morgan fingerprint density at radius 2 is 1.97 bits per heavy atom. The number of aliphatic hydroxyl groups excluding tert-OH is 1. The highest BCUT2D eigenvalue weighted by Gasteiger charge is 2.32. The zero-order valence-electron chi connectivity index (χ0n) is 20.8. The SMILES string of the molecule is CCN[C@@H]1CCN(c2c(-c3cc(F)ccc3F)cnc(C)c2-c2nc3cc(OC)c(F)cc3[nH]2)C[C@@H]1O. The van der Waals surface area contributed by atoms with E-state index in [1.54, 1.807) is 6.92 Å². The Balaban J connectivity index is 1.73. The van der Waals surface area contributed by atoms with E-state index in [1.165, 1.54) is 25.4 Å². The first-order valence-electron chi connectivity index (χ1n) is 12.2. The van der Waals surface area contributed by atoms with Crippen LogP contribution in [0.15, 0.2) is 36.5 Å². The Morgan fingerprint density at radius 1 is 1.16 bits per heavy atom. The van der Waals surface area contributed by atoms with Crippen molar-refractivity contribution in [3.8, 4) is 28.3 Å². The first kappa shape index (κ1) is 25.0. The topological polar surface area (TPSA) is 86.3 Å². The Bertz CT molecular complexity index is 1460. The number of rotatable bonds is 6. The molecule has 2 atom stereocenters. The molecule has 1 aliphatic heterocycles. The fraction of sp³-hybridized carbons (Fsp3) is 0.333. The van der Waals surface area contributed by atoms with Crippen molar-refractivity contribution in [2.24, 2.45) is 0 Å². The van der Waals surface area contributed by atoms with Crippen LogP contribution in [0.2, 0.25) is 0 Å². The van der Waals surface area contributed by atoms with Crippen LogP contribution in [0.3, 0.4) is 0 Å². The van der Waals surface area contributed by atoms with Gasteiger partial charge in [0.2, 0.25) is 0 Å². The van der Waals surface area contributed by atoms with Crippen LogP contribution in [0.25, 0.3) is 33.5 Å². The minimum atomic E-state index is -0.686. The first-order chi connectivity index (χ1) is 17.8. The Labute approximate surface area is 212 Å². The molecule has 1 fully saturated rings. The molecule has 7 nitrogen and oxygen atoms in total. The number of hydrogen-bond donors (Lipinski definition) is 3. The van der Waals surface area contributed by atoms with Crippen LogP contribution >= 0.6 is 0 Å². The van der Waals surface area contributed by atoms with E-state index in [4.69, 9.17) is 4.74 Å². The predicted octanol–water partition coefficient (Wildman–Crippen LogP) is 4.58. The molecule has 3 heterocycles. The molecule has 1 saturated heterocycles. The van der Waals surface area contributed by atoms with Gasteiger partial charge in [0.15, 0.2) is 11.6 Å². The lowest BCUT2D eigenvalue weighted by Gasteiger charge is -2.39. The number of H-pyrrole nitrogens is 1. The number of halogens is 3. The summed E-state index contributed by atoms with van der Waals surface area (Å²) in [7, 11) is 1.38. The summed E-state index contributed by atoms with van der Waals surface area (Å²) < 4.78 is 48.7. The van der Waals surface area contributed by atoms with E-state index >= 15 is 4.39 Å². The fourth-order valence-corrected chi connectivity index (χ4v) is 5.03. The third kappa shape index (κ3) is 4.62. The van der Waals surface area contributed by atoms with Crippen molar-refractivity contribution in [1.29, 1.82) is 0 Å². The van der Waals surface area contributed by atoms with Crippen molar-refractivity contribution in [2.45, 2.75) is 32.4 Å². The van der Waals surface area contributed by atoms with Gasteiger partial charge in [0, 0.05) is 48.6 Å². The molecule has 0 saturated carbocycles. The van der Waals surface area contributed by atoms with Gasteiger partial charge in [-0.2, -0.15) is 0 Å². The van der Waals surface area contributed by atoms with Crippen LogP contribution < -0.4 is 15.0 Å². The van der Waals surface area contributed by atoms with Gasteiger partial charge >= 0.3 is 0 Å². The van der Waals surface area contributed by atoms with Gasteiger partial charge in [-0.3, -0.25) is 4.98 Å². The largest absolute Gasteiger partial charge is 0.494 e. The van der Waals surface area contributed by atoms with Gasteiger partial charge in [0.25, 0.3) is 0 Å². The molecule has 0 radical (unpaired) electrons. The molecule has 0 aliphatic carbocycles. The molecule has 2 aromatic heterocycles. The number of β-amino-alcohol motifs (C(OH)–C–C–N with tert-alkyl or cyclic N) is 1. The number of methoxy groups -OCH3 is 1. The van der Waals surface area contributed by atoms with Crippen LogP contribution in [0.4, 0.5) is 18.9 Å². The standard InChI is InChI=1S/C27H28F3N5O2/c1-4-31-20-7-8-35(13-23(20)36)26-17(16-9-15(28)5-6-18(16)29)12-32-14(2)25(26)27-33-21-10-19(30)24(37-3)11-22(21)34-27/h5-6,9-12,20,23,31,36H,4,7-8,13H2,1-3H3,(H,33,34)/t20-,23+/m1/s1. The minimum Gasteiger partial charge on any atom is -0.494 e. The number of aliphatic hydroxyl groups is 1. The van der Waals surface area contributed by atoms with Crippen molar-refractivity contribution in [3.63, 3.8) is 0 Å². The van der Waals surface area contributed by atoms with E-state index in [-0.39, 0.29) is 23.9 Å². The smallest absolute Gasteiger partial charge is 0.167 e. The molecule has 1 aliphatic rings. The number of benzene rings is 2. The maximum Gasteiger partial charge on any atom is 0.167 e. The van der Waals surface area contributed by atoms with Crippen LogP contribution in [-0.4, -0.2) is 58.9 Å². The third-order valence-corrected chi connectivity index (χ3v) is 6.82. The lowest BCUT2D eigenvalue weighted by atomic mass is 9.95. The van der Waals surface area contributed by atoms with Crippen LogP contribution in [0.1, 0.15) is 19.0 Å². The monoisotopic (exact) mass is 511 g/mol. The average Bonchev–Trinajstić information content (AvgIpc) is 3.28. The molecule has 2 aromatic carbocycles. The average molecular weight is 512 g/mol. The quantitative estimate of drug-likeness (QED) is 0.352. The van der Waals surface area contributed by atoms with E-state index in [0.29, 0.717) is 52.3 Å². The van der Waals surface area contributed by atoms with Gasteiger partial charge in [-0.25, -0.2) is 18.2 Å². The number of imidazole rings is 1. The second-order valence-corrected chi connectivity index (χ2v) is 9.16. The van der Waals surface area contributed by atoms with Crippen LogP contribution in [0, 0.1) is 24.4 Å². The van der Waals surface area contributed by atoms with E-state index < -0.39 is 23.6 Å². The third-order valence-electron chi connectivity index (χ3n) is 6.82. The number of piperidine rings is 1. The number of aromatic amines is 1. The summed E-state index contributed by atoms with van der Waals surface area (Å²) in [6.07, 6.45) is 1.47. The molecule has 4 aromatic rings. The number of aromatic nitrogens is 3. The van der Waals surface area contributed by atoms with Gasteiger partial charge in [-0.05, 0) is 38.1 Å². The molecular weight excluding hydrogens is 483 g/mol. The molecule has 3 N–H and O–H groups in total. The summed E-state index contributed by atoms with van der Waals surface area (Å²) in [5.74, 6) is -1.26. The molecule has 0 bridgehead atoms. The van der Waals surface area contributed by atoms with E-state index in [1.807, 2.05) is 11.8 Å². The number of hydrogen-bond acceptors (Lipinski definition) is 6. The molecule has 0 spiro atoms. The summed E-state index contributed by atoms with van der Waals surface area (Å²) in [6.45, 7) is 5.31. The number of nitrogens with zero attached hydrogens (tertiary/aromatic N) is 3. The molecule has 10 heteroatoms. The van der Waals surface area contributed by atoms with Gasteiger partial charge in [-0.1, -0.05) is 6.92 Å². The van der Waals surface area contributed by atoms with Crippen molar-refractivity contribution in [1.82, 2.24) is 20.3 Å². The normalized spacial score (nSPS) is 18.0. The molecule has 0 amide bonds. The highest BCUT2D eigenvalue weighted by molar-refractivity contribution is 5.92. The molecule has 37 heavy (non-hydrogen) atoms.